The Labute approximate surface area is 330 Å². The number of carbonyl (C=O) groups is 4. The molecule has 6 N–H and O–H groups in total. The minimum atomic E-state index is -0.740. The first-order valence-electron chi connectivity index (χ1n) is 22.2. The zero-order valence-electron chi connectivity index (χ0n) is 35.2. The third kappa shape index (κ3) is 30.5. The molecule has 2 unspecified atom stereocenters. The van der Waals surface area contributed by atoms with E-state index in [1.807, 2.05) is 0 Å². The maximum Gasteiger partial charge on any atom is 0.308 e. The number of rotatable bonds is 38. The molecular weight excluding hydrogens is 683 g/mol. The van der Waals surface area contributed by atoms with E-state index in [1.54, 1.807) is 0 Å². The van der Waals surface area contributed by atoms with E-state index in [2.05, 4.69) is 43.3 Å². The summed E-state index contributed by atoms with van der Waals surface area (Å²) in [5, 5.41) is 5.79. The first kappa shape index (κ1) is 51.1. The van der Waals surface area contributed by atoms with E-state index in [0.717, 1.165) is 103 Å². The molecule has 0 saturated heterocycles. The second kappa shape index (κ2) is 37.1. The summed E-state index contributed by atoms with van der Waals surface area (Å²) >= 11 is 0. The Morgan fingerprint density at radius 2 is 1.00 bits per heavy atom. The third-order valence-corrected chi connectivity index (χ3v) is 10.0. The minimum Gasteiger partial charge on any atom is -0.465 e. The number of ether oxygens (including phenoxy) is 2. The maximum absolute atomic E-state index is 13.0. The van der Waals surface area contributed by atoms with Crippen LogP contribution >= 0.6 is 0 Å². The van der Waals surface area contributed by atoms with Gasteiger partial charge < -0.3 is 31.6 Å². The van der Waals surface area contributed by atoms with Crippen molar-refractivity contribution in [2.75, 3.05) is 26.3 Å². The highest BCUT2D eigenvalue weighted by molar-refractivity contribution is 5.87. The van der Waals surface area contributed by atoms with Crippen molar-refractivity contribution in [3.8, 4) is 0 Å². The molecule has 11 nitrogen and oxygen atoms in total. The normalized spacial score (nSPS) is 12.7. The van der Waals surface area contributed by atoms with E-state index < -0.39 is 6.04 Å². The summed E-state index contributed by atoms with van der Waals surface area (Å²) in [6.45, 7) is 10.2. The summed E-state index contributed by atoms with van der Waals surface area (Å²) in [6.07, 6.45) is 25.9. The molecule has 0 fully saturated rings. The van der Waals surface area contributed by atoms with E-state index in [0.29, 0.717) is 32.6 Å². The SMILES string of the molecule is CCCCCCCCC(CCCCCC)C(=O)OCCCCCC(=O)N[C@@H](CCN=C(N)N)C(=O)NCCCCCCOC(=O)C(CCC)CCCCC. The van der Waals surface area contributed by atoms with Gasteiger partial charge in [0.2, 0.25) is 11.8 Å². The van der Waals surface area contributed by atoms with Crippen LogP contribution in [-0.2, 0) is 28.7 Å². The number of nitrogens with one attached hydrogen (secondary N) is 2. The number of carbonyl (C=O) groups excluding carboxylic acids is 4. The minimum absolute atomic E-state index is 0.0101. The lowest BCUT2D eigenvalue weighted by molar-refractivity contribution is -0.150. The Hall–Kier alpha value is -2.85. The van der Waals surface area contributed by atoms with Gasteiger partial charge in [-0.25, -0.2) is 0 Å². The lowest BCUT2D eigenvalue weighted by atomic mass is 9.94. The Morgan fingerprint density at radius 3 is 1.57 bits per heavy atom. The van der Waals surface area contributed by atoms with Gasteiger partial charge in [-0.3, -0.25) is 24.2 Å². The Bertz CT molecular complexity index is 974. The van der Waals surface area contributed by atoms with Gasteiger partial charge in [0.25, 0.3) is 0 Å². The molecule has 0 spiro atoms. The van der Waals surface area contributed by atoms with Gasteiger partial charge in [0.1, 0.15) is 6.04 Å². The fraction of sp³-hybridized carbons (Fsp3) is 0.884. The summed E-state index contributed by atoms with van der Waals surface area (Å²) in [7, 11) is 0. The third-order valence-electron chi connectivity index (χ3n) is 10.0. The van der Waals surface area contributed by atoms with Gasteiger partial charge in [-0.15, -0.1) is 0 Å². The number of esters is 2. The van der Waals surface area contributed by atoms with Crippen molar-refractivity contribution in [2.45, 2.75) is 207 Å². The molecule has 0 rings (SSSR count). The molecule has 0 radical (unpaired) electrons. The molecule has 0 aromatic carbocycles. The Balaban J connectivity index is 4.50. The van der Waals surface area contributed by atoms with Gasteiger partial charge in [-0.1, -0.05) is 124 Å². The van der Waals surface area contributed by atoms with Crippen LogP contribution in [0.5, 0.6) is 0 Å². The number of unbranched alkanes of at least 4 members (excludes halogenated alkanes) is 15. The molecule has 0 aromatic rings. The van der Waals surface area contributed by atoms with Crippen LogP contribution in [0, 0.1) is 11.8 Å². The molecule has 3 atom stereocenters. The average molecular weight is 766 g/mol. The summed E-state index contributed by atoms with van der Waals surface area (Å²) in [5.41, 5.74) is 10.9. The van der Waals surface area contributed by atoms with Gasteiger partial charge in [-0.2, -0.15) is 0 Å². The van der Waals surface area contributed by atoms with E-state index in [-0.39, 0.29) is 60.9 Å². The quantitative estimate of drug-likeness (QED) is 0.0209. The molecule has 0 aliphatic rings. The van der Waals surface area contributed by atoms with E-state index in [1.165, 1.54) is 44.9 Å². The molecule has 0 saturated carbocycles. The van der Waals surface area contributed by atoms with E-state index >= 15 is 0 Å². The number of nitrogens with zero attached hydrogens (tertiary/aromatic N) is 1. The van der Waals surface area contributed by atoms with Gasteiger partial charge in [0, 0.05) is 19.5 Å². The molecular formula is C43H83N5O6. The number of amides is 2. The van der Waals surface area contributed by atoms with Crippen LogP contribution in [0.2, 0.25) is 0 Å². The Morgan fingerprint density at radius 1 is 0.537 bits per heavy atom. The monoisotopic (exact) mass is 766 g/mol. The van der Waals surface area contributed by atoms with Crippen molar-refractivity contribution in [1.29, 1.82) is 0 Å². The highest BCUT2D eigenvalue weighted by atomic mass is 16.5. The van der Waals surface area contributed by atoms with Crippen LogP contribution in [0.15, 0.2) is 4.99 Å². The number of aliphatic imine (C=N–C) groups is 1. The maximum atomic E-state index is 13.0. The number of guanidine groups is 1. The van der Waals surface area contributed by atoms with Crippen LogP contribution in [0.4, 0.5) is 0 Å². The van der Waals surface area contributed by atoms with Crippen LogP contribution in [0.3, 0.4) is 0 Å². The highest BCUT2D eigenvalue weighted by Gasteiger charge is 2.22. The lowest BCUT2D eigenvalue weighted by Crippen LogP contribution is -2.47. The highest BCUT2D eigenvalue weighted by Crippen LogP contribution is 2.21. The molecule has 0 heterocycles. The molecule has 0 bridgehead atoms. The molecule has 0 aliphatic carbocycles. The fourth-order valence-corrected chi connectivity index (χ4v) is 6.66. The van der Waals surface area contributed by atoms with Crippen LogP contribution in [0.1, 0.15) is 201 Å². The van der Waals surface area contributed by atoms with Gasteiger partial charge >= 0.3 is 11.9 Å². The Kier molecular flexibility index (Phi) is 35.1. The second-order valence-electron chi connectivity index (χ2n) is 15.2. The zero-order valence-corrected chi connectivity index (χ0v) is 35.2. The van der Waals surface area contributed by atoms with Crippen molar-refractivity contribution < 1.29 is 28.7 Å². The standard InChI is InChI=1S/C43H83N5O6/c1-5-9-12-14-15-21-29-37(28-20-13-10-6-2)42(52)54-35-25-18-22-30-39(49)48-38(31-33-47-43(44)45)40(50)46-32-23-16-17-24-34-53-41(51)36(26-8-4)27-19-11-7-3/h36-38H,5-35H2,1-4H3,(H,46,50)(H,48,49)(H4,44,45,47)/t36?,37?,38-/m0/s1. The molecule has 0 aromatic heterocycles. The summed E-state index contributed by atoms with van der Waals surface area (Å²) in [5.74, 6) is -0.660. The summed E-state index contributed by atoms with van der Waals surface area (Å²) < 4.78 is 11.3. The first-order chi connectivity index (χ1) is 26.2. The first-order valence-corrected chi connectivity index (χ1v) is 22.2. The predicted octanol–water partition coefficient (Wildman–Crippen LogP) is 8.79. The van der Waals surface area contributed by atoms with Crippen LogP contribution < -0.4 is 22.1 Å². The smallest absolute Gasteiger partial charge is 0.308 e. The summed E-state index contributed by atoms with van der Waals surface area (Å²) in [4.78, 5) is 55.2. The van der Waals surface area contributed by atoms with E-state index in [4.69, 9.17) is 20.9 Å². The topological polar surface area (TPSA) is 175 Å². The number of nitrogens with two attached hydrogens (primary N) is 2. The lowest BCUT2D eigenvalue weighted by Gasteiger charge is -2.18. The second-order valence-corrected chi connectivity index (χ2v) is 15.2. The van der Waals surface area contributed by atoms with Gasteiger partial charge in [-0.05, 0) is 70.6 Å². The zero-order chi connectivity index (χ0) is 40.1. The van der Waals surface area contributed by atoms with Crippen molar-refractivity contribution in [1.82, 2.24) is 10.6 Å². The van der Waals surface area contributed by atoms with E-state index in [9.17, 15) is 19.2 Å². The molecule has 2 amide bonds. The van der Waals surface area contributed by atoms with Crippen LogP contribution in [0.25, 0.3) is 0 Å². The average Bonchev–Trinajstić information content (AvgIpc) is 3.15. The predicted molar refractivity (Wildman–Crippen MR) is 222 cm³/mol. The largest absolute Gasteiger partial charge is 0.465 e. The number of hydrogen-bond donors (Lipinski definition) is 4. The van der Waals surface area contributed by atoms with Crippen molar-refractivity contribution in [2.24, 2.45) is 28.3 Å². The van der Waals surface area contributed by atoms with Gasteiger partial charge in [0.05, 0.1) is 25.0 Å². The van der Waals surface area contributed by atoms with Crippen molar-refractivity contribution >= 4 is 29.7 Å². The molecule has 316 valence electrons. The van der Waals surface area contributed by atoms with Gasteiger partial charge in [0.15, 0.2) is 5.96 Å². The van der Waals surface area contributed by atoms with Crippen molar-refractivity contribution in [3.63, 3.8) is 0 Å². The van der Waals surface area contributed by atoms with Crippen molar-refractivity contribution in [3.05, 3.63) is 0 Å². The fourth-order valence-electron chi connectivity index (χ4n) is 6.66. The molecule has 54 heavy (non-hydrogen) atoms. The number of hydrogen-bond acceptors (Lipinski definition) is 7. The summed E-state index contributed by atoms with van der Waals surface area (Å²) in [6, 6.07) is -0.740. The van der Waals surface area contributed by atoms with Crippen LogP contribution in [-0.4, -0.2) is 62.1 Å². The molecule has 0 aliphatic heterocycles. The molecule has 11 heteroatoms.